The van der Waals surface area contributed by atoms with Gasteiger partial charge >= 0.3 is 0 Å². The molecule has 1 aromatic rings. The van der Waals surface area contributed by atoms with E-state index in [1.54, 1.807) is 10.9 Å². The number of carbonyl (C=O) groups is 1. The van der Waals surface area contributed by atoms with Crippen molar-refractivity contribution in [2.45, 2.75) is 89.2 Å². The van der Waals surface area contributed by atoms with Crippen LogP contribution >= 0.6 is 0 Å². The molecule has 4 fully saturated rings. The third-order valence-electron chi connectivity index (χ3n) is 10.3. The predicted molar refractivity (Wildman–Crippen MR) is 128 cm³/mol. The Balaban J connectivity index is 1.33. The molecule has 4 aliphatic rings. The molecule has 4 saturated carbocycles. The van der Waals surface area contributed by atoms with Crippen LogP contribution in [0.3, 0.4) is 0 Å². The number of hydrogen-bond donors (Lipinski definition) is 2. The molecule has 4 aliphatic carbocycles. The molecule has 3 unspecified atom stereocenters. The summed E-state index contributed by atoms with van der Waals surface area (Å²) in [5.74, 6) is 4.36. The van der Waals surface area contributed by atoms with Crippen LogP contribution in [-0.4, -0.2) is 36.7 Å². The Morgan fingerprint density at radius 2 is 1.94 bits per heavy atom. The Kier molecular flexibility index (Phi) is 5.64. The normalized spacial score (nSPS) is 46.6. The van der Waals surface area contributed by atoms with E-state index in [0.717, 1.165) is 43.9 Å². The van der Waals surface area contributed by atoms with Crippen molar-refractivity contribution in [1.82, 2.24) is 9.78 Å². The molecule has 33 heavy (non-hydrogen) atoms. The maximum absolute atomic E-state index is 13.5. The van der Waals surface area contributed by atoms with Crippen molar-refractivity contribution in [1.29, 1.82) is 4.78 Å². The average Bonchev–Trinajstić information content (AvgIpc) is 3.29. The summed E-state index contributed by atoms with van der Waals surface area (Å²) in [6.45, 7) is 6.99. The molecule has 10 atom stereocenters. The first-order chi connectivity index (χ1) is 15.4. The van der Waals surface area contributed by atoms with E-state index in [1.807, 2.05) is 6.92 Å². The zero-order valence-electron chi connectivity index (χ0n) is 20.6. The van der Waals surface area contributed by atoms with E-state index in [1.165, 1.54) is 31.7 Å². The molecule has 6 nitrogen and oxygen atoms in total. The van der Waals surface area contributed by atoms with Crippen LogP contribution in [0.25, 0.3) is 0 Å². The lowest BCUT2D eigenvalue weighted by molar-refractivity contribution is -0.133. The van der Waals surface area contributed by atoms with Gasteiger partial charge in [0.1, 0.15) is 0 Å². The first kappa shape index (κ1) is 23.5. The number of nitrogens with zero attached hydrogens (tertiary/aromatic N) is 2. The molecular formula is C26H41N3O3S. The van der Waals surface area contributed by atoms with Crippen LogP contribution in [-0.2, 0) is 21.1 Å². The second kappa shape index (κ2) is 7.91. The number of fused-ring (bicyclic) bond motifs is 5. The molecule has 0 aliphatic heterocycles. The SMILES string of the molecule is C[C@@H]1C[C@H](C(=O)Cn2cc(S(C)(=N)=O)cn2)[C@@]2(C)CC[C@H]3C(CCC4C[C@](C)(O)CC[C@@H]43)[C@H]12. The highest BCUT2D eigenvalue weighted by Crippen LogP contribution is 2.66. The van der Waals surface area contributed by atoms with Gasteiger partial charge < -0.3 is 5.11 Å². The van der Waals surface area contributed by atoms with Gasteiger partial charge in [-0.2, -0.15) is 5.10 Å². The molecule has 1 aromatic heterocycles. The van der Waals surface area contributed by atoms with Crippen LogP contribution in [0.5, 0.6) is 0 Å². The number of rotatable bonds is 4. The molecule has 0 amide bonds. The summed E-state index contributed by atoms with van der Waals surface area (Å²) < 4.78 is 21.4. The zero-order chi connectivity index (χ0) is 23.8. The van der Waals surface area contributed by atoms with Crippen LogP contribution in [0.2, 0.25) is 0 Å². The van der Waals surface area contributed by atoms with E-state index >= 15 is 0 Å². The molecular weight excluding hydrogens is 434 g/mol. The topological polar surface area (TPSA) is 96.0 Å². The molecule has 184 valence electrons. The largest absolute Gasteiger partial charge is 0.390 e. The molecule has 1 heterocycles. The van der Waals surface area contributed by atoms with E-state index in [0.29, 0.717) is 28.6 Å². The number of aliphatic hydroxyl groups is 1. The van der Waals surface area contributed by atoms with Gasteiger partial charge in [-0.25, -0.2) is 8.99 Å². The maximum atomic E-state index is 13.5. The lowest BCUT2D eigenvalue weighted by Gasteiger charge is -2.57. The Labute approximate surface area is 198 Å². The third kappa shape index (κ3) is 4.01. The van der Waals surface area contributed by atoms with Gasteiger partial charge in [-0.15, -0.1) is 0 Å². The minimum atomic E-state index is -2.82. The summed E-state index contributed by atoms with van der Waals surface area (Å²) in [4.78, 5) is 13.9. The number of hydrogen-bond acceptors (Lipinski definition) is 5. The number of aromatic nitrogens is 2. The standard InChI is InChI=1S/C26H41N3O3S/c1-16-11-22(23(30)15-29-14-18(13-28-29)33(4,27)32)26(3)10-8-20-19-7-9-25(2,31)12-17(19)5-6-21(20)24(16)26/h13-14,16-17,19-22,24,27,31H,5-12,15H2,1-4H3/t16-,17?,19+,20-,21?,22-,24+,25-,26-,33?/m1/s1. The van der Waals surface area contributed by atoms with Crippen molar-refractivity contribution in [2.75, 3.05) is 6.26 Å². The lowest BCUT2D eigenvalue weighted by Crippen LogP contribution is -2.51. The van der Waals surface area contributed by atoms with Gasteiger partial charge in [-0.3, -0.25) is 9.48 Å². The molecule has 7 heteroatoms. The van der Waals surface area contributed by atoms with E-state index in [4.69, 9.17) is 4.78 Å². The van der Waals surface area contributed by atoms with Crippen molar-refractivity contribution in [3.8, 4) is 0 Å². The number of nitrogens with one attached hydrogen (secondary N) is 1. The Bertz CT molecular complexity index is 1030. The third-order valence-corrected chi connectivity index (χ3v) is 11.4. The van der Waals surface area contributed by atoms with E-state index in [-0.39, 0.29) is 23.7 Å². The van der Waals surface area contributed by atoms with Crippen molar-refractivity contribution < 1.29 is 14.1 Å². The number of Topliss-reactive ketones (excluding diaryl/α,β-unsaturated/α-hetero) is 1. The van der Waals surface area contributed by atoms with Crippen LogP contribution in [0, 0.1) is 51.6 Å². The van der Waals surface area contributed by atoms with Crippen molar-refractivity contribution in [3.05, 3.63) is 12.4 Å². The van der Waals surface area contributed by atoms with E-state index in [9.17, 15) is 14.1 Å². The molecule has 0 radical (unpaired) electrons. The second-order valence-electron chi connectivity index (χ2n) is 12.6. The summed E-state index contributed by atoms with van der Waals surface area (Å²) in [6.07, 6.45) is 13.3. The maximum Gasteiger partial charge on any atom is 0.157 e. The van der Waals surface area contributed by atoms with Gasteiger partial charge in [0.25, 0.3) is 0 Å². The first-order valence-corrected chi connectivity index (χ1v) is 14.9. The highest BCUT2D eigenvalue weighted by Gasteiger charge is 2.61. The minimum Gasteiger partial charge on any atom is -0.390 e. The smallest absolute Gasteiger partial charge is 0.157 e. The number of ketones is 1. The highest BCUT2D eigenvalue weighted by atomic mass is 32.2. The van der Waals surface area contributed by atoms with Gasteiger partial charge in [0.2, 0.25) is 0 Å². The van der Waals surface area contributed by atoms with Gasteiger partial charge in [0.15, 0.2) is 5.78 Å². The predicted octanol–water partition coefficient (Wildman–Crippen LogP) is 4.75. The molecule has 5 rings (SSSR count). The zero-order valence-corrected chi connectivity index (χ0v) is 21.4. The van der Waals surface area contributed by atoms with E-state index in [2.05, 4.69) is 18.9 Å². The van der Waals surface area contributed by atoms with Crippen molar-refractivity contribution in [2.24, 2.45) is 46.8 Å². The fourth-order valence-corrected chi connectivity index (χ4v) is 9.60. The molecule has 2 N–H and O–H groups in total. The molecule has 0 saturated heterocycles. The summed E-state index contributed by atoms with van der Waals surface area (Å²) in [6, 6.07) is 0. The van der Waals surface area contributed by atoms with Crippen LogP contribution in [0.15, 0.2) is 17.3 Å². The number of carbonyl (C=O) groups excluding carboxylic acids is 1. The second-order valence-corrected chi connectivity index (χ2v) is 14.7. The average molecular weight is 476 g/mol. The van der Waals surface area contributed by atoms with E-state index < -0.39 is 15.3 Å². The summed E-state index contributed by atoms with van der Waals surface area (Å²) in [7, 11) is -2.82. The first-order valence-electron chi connectivity index (χ1n) is 12.9. The van der Waals surface area contributed by atoms with Crippen molar-refractivity contribution in [3.63, 3.8) is 0 Å². The lowest BCUT2D eigenvalue weighted by atomic mass is 9.48. The van der Waals surface area contributed by atoms with Gasteiger partial charge in [0, 0.05) is 18.4 Å². The highest BCUT2D eigenvalue weighted by molar-refractivity contribution is 7.91. The quantitative estimate of drug-likeness (QED) is 0.657. The van der Waals surface area contributed by atoms with Gasteiger partial charge in [-0.05, 0) is 99.2 Å². The van der Waals surface area contributed by atoms with Gasteiger partial charge in [-0.1, -0.05) is 13.8 Å². The monoisotopic (exact) mass is 475 g/mol. The Hall–Kier alpha value is -1.21. The molecule has 0 aromatic carbocycles. The van der Waals surface area contributed by atoms with Crippen LogP contribution < -0.4 is 0 Å². The fraction of sp³-hybridized carbons (Fsp3) is 0.846. The Morgan fingerprint density at radius 1 is 1.21 bits per heavy atom. The fourth-order valence-electron chi connectivity index (χ4n) is 9.02. The van der Waals surface area contributed by atoms with Crippen molar-refractivity contribution >= 4 is 15.5 Å². The Morgan fingerprint density at radius 3 is 2.64 bits per heavy atom. The van der Waals surface area contributed by atoms with Crippen LogP contribution in [0.1, 0.15) is 72.1 Å². The summed E-state index contributed by atoms with van der Waals surface area (Å²) in [5.41, 5.74) is -0.429. The molecule has 0 spiro atoms. The molecule has 0 bridgehead atoms. The summed E-state index contributed by atoms with van der Waals surface area (Å²) in [5, 5.41) is 14.9. The van der Waals surface area contributed by atoms with Crippen LogP contribution in [0.4, 0.5) is 0 Å². The minimum absolute atomic E-state index is 0.0500. The van der Waals surface area contributed by atoms with Gasteiger partial charge in [0.05, 0.1) is 33.0 Å². The summed E-state index contributed by atoms with van der Waals surface area (Å²) >= 11 is 0.